The maximum absolute atomic E-state index is 11.7. The van der Waals surface area contributed by atoms with E-state index in [2.05, 4.69) is 9.98 Å². The summed E-state index contributed by atoms with van der Waals surface area (Å²) < 4.78 is 0. The van der Waals surface area contributed by atoms with E-state index >= 15 is 0 Å². The number of fused-ring (bicyclic) bond motifs is 1. The fourth-order valence-corrected chi connectivity index (χ4v) is 2.44. The van der Waals surface area contributed by atoms with Crippen LogP contribution in [-0.2, 0) is 6.42 Å². The second kappa shape index (κ2) is 6.31. The van der Waals surface area contributed by atoms with E-state index in [0.29, 0.717) is 6.54 Å². The summed E-state index contributed by atoms with van der Waals surface area (Å²) in [5.74, 6) is -0.272. The summed E-state index contributed by atoms with van der Waals surface area (Å²) in [5.41, 5.74) is 2.35. The van der Waals surface area contributed by atoms with Crippen LogP contribution in [0.2, 0.25) is 0 Å². The average molecular weight is 308 g/mol. The number of nitrogens with one attached hydrogen (secondary N) is 1. The van der Waals surface area contributed by atoms with Crippen molar-refractivity contribution in [3.05, 3.63) is 69.9 Å². The average Bonchev–Trinajstić information content (AvgIpc) is 2.96. The molecule has 0 saturated heterocycles. The van der Waals surface area contributed by atoms with Crippen LogP contribution in [0.15, 0.2) is 53.7 Å². The minimum Gasteiger partial charge on any atom is -0.872 e. The second-order valence-corrected chi connectivity index (χ2v) is 5.12. The van der Waals surface area contributed by atoms with Gasteiger partial charge in [-0.15, -0.1) is 0 Å². The Hall–Kier alpha value is -3.15. The van der Waals surface area contributed by atoms with Gasteiger partial charge < -0.3 is 10.1 Å². The zero-order valence-electron chi connectivity index (χ0n) is 12.2. The van der Waals surface area contributed by atoms with E-state index in [4.69, 9.17) is 0 Å². The van der Waals surface area contributed by atoms with Crippen molar-refractivity contribution in [3.63, 3.8) is 0 Å². The molecule has 0 aliphatic heterocycles. The predicted molar refractivity (Wildman–Crippen MR) is 87.0 cm³/mol. The van der Waals surface area contributed by atoms with Crippen LogP contribution in [0, 0.1) is 10.1 Å². The molecule has 0 saturated carbocycles. The first kappa shape index (κ1) is 14.8. The minimum atomic E-state index is -0.525. The van der Waals surface area contributed by atoms with Crippen molar-refractivity contribution in [1.82, 2.24) is 4.98 Å². The molecule has 3 rings (SSSR count). The number of hydrogen-bond donors (Lipinski definition) is 1. The molecule has 116 valence electrons. The van der Waals surface area contributed by atoms with Crippen molar-refractivity contribution in [2.45, 2.75) is 6.42 Å². The zero-order valence-corrected chi connectivity index (χ0v) is 12.2. The smallest absolute Gasteiger partial charge is 0.270 e. The molecule has 0 aliphatic carbocycles. The Morgan fingerprint density at radius 2 is 2.04 bits per heavy atom. The van der Waals surface area contributed by atoms with Gasteiger partial charge in [-0.1, -0.05) is 30.0 Å². The first-order valence-corrected chi connectivity index (χ1v) is 7.15. The molecule has 1 N–H and O–H groups in total. The monoisotopic (exact) mass is 308 g/mol. The number of nitro groups is 1. The Morgan fingerprint density at radius 1 is 1.22 bits per heavy atom. The van der Waals surface area contributed by atoms with Crippen molar-refractivity contribution in [2.75, 3.05) is 6.54 Å². The number of nitrogens with zero attached hydrogens (tertiary/aromatic N) is 2. The number of non-ortho nitro benzene ring substituents is 1. The minimum absolute atomic E-state index is 0.109. The predicted octanol–water partition coefficient (Wildman–Crippen LogP) is 2.81. The first-order chi connectivity index (χ1) is 11.1. The lowest BCUT2D eigenvalue weighted by molar-refractivity contribution is -0.385. The highest BCUT2D eigenvalue weighted by atomic mass is 16.6. The lowest BCUT2D eigenvalue weighted by atomic mass is 10.1. The van der Waals surface area contributed by atoms with E-state index in [1.165, 1.54) is 24.4 Å². The highest BCUT2D eigenvalue weighted by molar-refractivity contribution is 5.84. The lowest BCUT2D eigenvalue weighted by Gasteiger charge is -2.08. The van der Waals surface area contributed by atoms with Crippen LogP contribution in [0.3, 0.4) is 0 Å². The topological polar surface area (TPSA) is 94.3 Å². The Balaban J connectivity index is 1.70. The van der Waals surface area contributed by atoms with Gasteiger partial charge in [0.25, 0.3) is 5.69 Å². The Labute approximate surface area is 132 Å². The van der Waals surface area contributed by atoms with E-state index in [9.17, 15) is 15.2 Å². The summed E-state index contributed by atoms with van der Waals surface area (Å²) in [7, 11) is 0. The number of H-pyrrole nitrogens is 1. The molecule has 0 bridgehead atoms. The number of aliphatic imine (C=N–C) groups is 1. The van der Waals surface area contributed by atoms with E-state index < -0.39 is 4.92 Å². The van der Waals surface area contributed by atoms with Crippen LogP contribution in [0.1, 0.15) is 11.1 Å². The molecule has 0 atom stereocenters. The maximum Gasteiger partial charge on any atom is 0.270 e. The van der Waals surface area contributed by atoms with Crippen molar-refractivity contribution in [2.24, 2.45) is 4.99 Å². The Kier molecular flexibility index (Phi) is 4.05. The number of benzene rings is 2. The van der Waals surface area contributed by atoms with Crippen LogP contribution < -0.4 is 5.11 Å². The molecule has 3 aromatic rings. The fourth-order valence-electron chi connectivity index (χ4n) is 2.44. The van der Waals surface area contributed by atoms with Crippen LogP contribution in [0.5, 0.6) is 5.75 Å². The van der Waals surface area contributed by atoms with Crippen LogP contribution in [0.4, 0.5) is 5.69 Å². The van der Waals surface area contributed by atoms with Crippen LogP contribution in [0.25, 0.3) is 10.9 Å². The van der Waals surface area contributed by atoms with Crippen LogP contribution >= 0.6 is 0 Å². The lowest BCUT2D eigenvalue weighted by Crippen LogP contribution is -1.99. The quantitative estimate of drug-likeness (QED) is 0.446. The van der Waals surface area contributed by atoms with E-state index in [1.807, 2.05) is 30.5 Å². The highest BCUT2D eigenvalue weighted by Crippen LogP contribution is 2.20. The largest absolute Gasteiger partial charge is 0.872 e. The zero-order chi connectivity index (χ0) is 16.2. The molecule has 6 heteroatoms. The molecule has 1 heterocycles. The summed E-state index contributed by atoms with van der Waals surface area (Å²) in [6.07, 6.45) is 4.08. The Bertz CT molecular complexity index is 884. The maximum atomic E-state index is 11.7. The van der Waals surface area contributed by atoms with Gasteiger partial charge in [0.2, 0.25) is 0 Å². The summed E-state index contributed by atoms with van der Waals surface area (Å²) in [6, 6.07) is 11.6. The molecule has 0 unspecified atom stereocenters. The van der Waals surface area contributed by atoms with Crippen molar-refractivity contribution < 1.29 is 10.0 Å². The molecule has 0 fully saturated rings. The SMILES string of the molecule is O=[N+]([O-])c1ccc([O-])c(C=NCCc2c[nH]c3ccccc23)c1. The molecule has 0 spiro atoms. The van der Waals surface area contributed by atoms with Crippen molar-refractivity contribution in [3.8, 4) is 5.75 Å². The second-order valence-electron chi connectivity index (χ2n) is 5.12. The van der Waals surface area contributed by atoms with E-state index in [1.54, 1.807) is 0 Å². The summed E-state index contributed by atoms with van der Waals surface area (Å²) >= 11 is 0. The first-order valence-electron chi connectivity index (χ1n) is 7.15. The van der Waals surface area contributed by atoms with Gasteiger partial charge in [0.1, 0.15) is 0 Å². The number of nitro benzene ring substituents is 1. The van der Waals surface area contributed by atoms with E-state index in [-0.39, 0.29) is 17.0 Å². The fraction of sp³-hybridized carbons (Fsp3) is 0.118. The third-order valence-corrected chi connectivity index (χ3v) is 3.62. The standard InChI is InChI=1S/C17H15N3O3/c21-17-6-5-14(20(22)23)9-13(17)10-18-8-7-12-11-19-16-4-2-1-3-15(12)16/h1-6,9-11,19,21H,7-8H2/p-1. The highest BCUT2D eigenvalue weighted by Gasteiger charge is 2.05. The van der Waals surface area contributed by atoms with Gasteiger partial charge in [-0.2, -0.15) is 0 Å². The normalized spacial score (nSPS) is 11.3. The molecular formula is C17H14N3O3-. The Morgan fingerprint density at radius 3 is 2.87 bits per heavy atom. The summed E-state index contributed by atoms with van der Waals surface area (Å²) in [5, 5.41) is 23.6. The van der Waals surface area contributed by atoms with Gasteiger partial charge in [-0.05, 0) is 23.6 Å². The van der Waals surface area contributed by atoms with Gasteiger partial charge in [-0.3, -0.25) is 15.1 Å². The van der Waals surface area contributed by atoms with Gasteiger partial charge in [0.15, 0.2) is 0 Å². The van der Waals surface area contributed by atoms with Crippen molar-refractivity contribution in [1.29, 1.82) is 0 Å². The van der Waals surface area contributed by atoms with Gasteiger partial charge >= 0.3 is 0 Å². The number of aromatic amines is 1. The number of aromatic nitrogens is 1. The molecule has 23 heavy (non-hydrogen) atoms. The number of para-hydroxylation sites is 1. The number of rotatable bonds is 5. The number of hydrogen-bond acceptors (Lipinski definition) is 4. The molecule has 1 aromatic heterocycles. The van der Waals surface area contributed by atoms with Crippen LogP contribution in [-0.4, -0.2) is 22.7 Å². The molecule has 0 aliphatic rings. The molecule has 6 nitrogen and oxygen atoms in total. The van der Waals surface area contributed by atoms with Crippen molar-refractivity contribution >= 4 is 22.8 Å². The third kappa shape index (κ3) is 3.21. The van der Waals surface area contributed by atoms with E-state index in [0.717, 1.165) is 22.9 Å². The molecule has 0 amide bonds. The van der Waals surface area contributed by atoms with Gasteiger partial charge in [-0.25, -0.2) is 0 Å². The van der Waals surface area contributed by atoms with Gasteiger partial charge in [0, 0.05) is 42.0 Å². The van der Waals surface area contributed by atoms with Gasteiger partial charge in [0.05, 0.1) is 4.92 Å². The molecule has 2 aromatic carbocycles. The molecular weight excluding hydrogens is 294 g/mol. The molecule has 0 radical (unpaired) electrons. The summed E-state index contributed by atoms with van der Waals surface area (Å²) in [4.78, 5) is 17.6. The third-order valence-electron chi connectivity index (χ3n) is 3.62. The summed E-state index contributed by atoms with van der Waals surface area (Å²) in [6.45, 7) is 0.504.